The summed E-state index contributed by atoms with van der Waals surface area (Å²) >= 11 is 0. The van der Waals surface area contributed by atoms with Gasteiger partial charge in [0.25, 0.3) is 0 Å². The first kappa shape index (κ1) is 24.8. The van der Waals surface area contributed by atoms with Gasteiger partial charge >= 0.3 is 0 Å². The van der Waals surface area contributed by atoms with Gasteiger partial charge in [-0.05, 0) is 73.7 Å². The van der Waals surface area contributed by atoms with Gasteiger partial charge in [0.15, 0.2) is 11.5 Å². The van der Waals surface area contributed by atoms with Crippen molar-refractivity contribution in [2.45, 2.75) is 77.9 Å². The summed E-state index contributed by atoms with van der Waals surface area (Å²) in [7, 11) is 0. The van der Waals surface area contributed by atoms with Gasteiger partial charge in [-0.3, -0.25) is 4.90 Å². The summed E-state index contributed by atoms with van der Waals surface area (Å²) in [4.78, 5) is 7.34. The number of rotatable bonds is 12. The molecule has 5 nitrogen and oxygen atoms in total. The minimum absolute atomic E-state index is 0.220. The SMILES string of the molecule is CCCCn1c(CN(CCCC2CCCC2)Cc2ccc3c(c2)OCO3)cnc1-c1ccc(F)cc1. The number of aromatic nitrogens is 2. The van der Waals surface area contributed by atoms with E-state index in [1.165, 1.54) is 61.9 Å². The first-order valence-electron chi connectivity index (χ1n) is 13.6. The number of halogens is 1. The van der Waals surface area contributed by atoms with Crippen LogP contribution in [-0.2, 0) is 19.6 Å². The first-order valence-corrected chi connectivity index (χ1v) is 13.6. The Morgan fingerprint density at radius 2 is 1.81 bits per heavy atom. The van der Waals surface area contributed by atoms with Crippen LogP contribution in [0.4, 0.5) is 4.39 Å². The number of hydrogen-bond donors (Lipinski definition) is 0. The number of imidazole rings is 1. The van der Waals surface area contributed by atoms with Gasteiger partial charge in [-0.15, -0.1) is 0 Å². The molecular formula is C30H38FN3O2. The van der Waals surface area contributed by atoms with Gasteiger partial charge in [-0.1, -0.05) is 45.1 Å². The number of fused-ring (bicyclic) bond motifs is 1. The van der Waals surface area contributed by atoms with Gasteiger partial charge in [0.1, 0.15) is 11.6 Å². The molecule has 5 rings (SSSR count). The summed E-state index contributed by atoms with van der Waals surface area (Å²) in [5.74, 6) is 3.27. The van der Waals surface area contributed by atoms with Gasteiger partial charge in [0.2, 0.25) is 6.79 Å². The molecule has 0 atom stereocenters. The molecular weight excluding hydrogens is 453 g/mol. The van der Waals surface area contributed by atoms with Gasteiger partial charge in [-0.25, -0.2) is 9.37 Å². The van der Waals surface area contributed by atoms with Gasteiger partial charge in [-0.2, -0.15) is 0 Å². The highest BCUT2D eigenvalue weighted by atomic mass is 19.1. The van der Waals surface area contributed by atoms with Crippen molar-refractivity contribution in [3.8, 4) is 22.9 Å². The zero-order chi connectivity index (χ0) is 24.7. The highest BCUT2D eigenvalue weighted by Gasteiger charge is 2.19. The molecule has 1 fully saturated rings. The Bertz CT molecular complexity index is 1120. The highest BCUT2D eigenvalue weighted by molar-refractivity contribution is 5.56. The van der Waals surface area contributed by atoms with E-state index in [-0.39, 0.29) is 5.82 Å². The molecule has 2 heterocycles. The molecule has 3 aromatic rings. The maximum atomic E-state index is 13.6. The highest BCUT2D eigenvalue weighted by Crippen LogP contribution is 2.33. The average molecular weight is 492 g/mol. The molecule has 1 aliphatic carbocycles. The second-order valence-corrected chi connectivity index (χ2v) is 10.3. The minimum Gasteiger partial charge on any atom is -0.454 e. The maximum Gasteiger partial charge on any atom is 0.231 e. The van der Waals surface area contributed by atoms with E-state index >= 15 is 0 Å². The third-order valence-corrected chi connectivity index (χ3v) is 7.57. The zero-order valence-electron chi connectivity index (χ0n) is 21.4. The maximum absolute atomic E-state index is 13.6. The van der Waals surface area contributed by atoms with Crippen LogP contribution in [0.5, 0.6) is 11.5 Å². The Labute approximate surface area is 214 Å². The normalized spacial score (nSPS) is 15.3. The Morgan fingerprint density at radius 1 is 1.00 bits per heavy atom. The molecule has 0 amide bonds. The van der Waals surface area contributed by atoms with Gasteiger partial charge in [0.05, 0.1) is 11.9 Å². The fourth-order valence-electron chi connectivity index (χ4n) is 5.58. The zero-order valence-corrected chi connectivity index (χ0v) is 21.4. The van der Waals surface area contributed by atoms with Crippen LogP contribution in [0.1, 0.15) is 69.5 Å². The molecule has 0 bridgehead atoms. The predicted octanol–water partition coefficient (Wildman–Crippen LogP) is 7.19. The lowest BCUT2D eigenvalue weighted by Crippen LogP contribution is -2.26. The van der Waals surface area contributed by atoms with E-state index < -0.39 is 0 Å². The summed E-state index contributed by atoms with van der Waals surface area (Å²) in [5.41, 5.74) is 3.41. The van der Waals surface area contributed by atoms with E-state index in [4.69, 9.17) is 14.5 Å². The number of ether oxygens (including phenoxy) is 2. The van der Waals surface area contributed by atoms with E-state index in [1.54, 1.807) is 0 Å². The average Bonchev–Trinajstić information content (AvgIpc) is 3.65. The molecule has 192 valence electrons. The van der Waals surface area contributed by atoms with Crippen molar-refractivity contribution in [3.05, 3.63) is 65.7 Å². The van der Waals surface area contributed by atoms with E-state index in [0.29, 0.717) is 6.79 Å². The summed E-state index contributed by atoms with van der Waals surface area (Å²) < 4.78 is 27.0. The molecule has 0 saturated heterocycles. The van der Waals surface area contributed by atoms with Crippen LogP contribution in [0, 0.1) is 11.7 Å². The van der Waals surface area contributed by atoms with E-state index in [9.17, 15) is 4.39 Å². The smallest absolute Gasteiger partial charge is 0.231 e. The minimum atomic E-state index is -0.220. The second-order valence-electron chi connectivity index (χ2n) is 10.3. The van der Waals surface area contributed by atoms with Gasteiger partial charge < -0.3 is 14.0 Å². The molecule has 36 heavy (non-hydrogen) atoms. The summed E-state index contributed by atoms with van der Waals surface area (Å²) in [6, 6.07) is 13.0. The van der Waals surface area contributed by atoms with Crippen molar-refractivity contribution in [2.75, 3.05) is 13.3 Å². The third kappa shape index (κ3) is 6.09. The quantitative estimate of drug-likeness (QED) is 0.269. The molecule has 0 N–H and O–H groups in total. The lowest BCUT2D eigenvalue weighted by Gasteiger charge is -2.24. The van der Waals surface area contributed by atoms with Crippen LogP contribution >= 0.6 is 0 Å². The van der Waals surface area contributed by atoms with Crippen LogP contribution < -0.4 is 9.47 Å². The predicted molar refractivity (Wildman–Crippen MR) is 140 cm³/mol. The molecule has 2 aromatic carbocycles. The summed E-state index contributed by atoms with van der Waals surface area (Å²) in [6.07, 6.45) is 12.3. The largest absolute Gasteiger partial charge is 0.454 e. The molecule has 1 aromatic heterocycles. The van der Waals surface area contributed by atoms with Crippen LogP contribution in [0.15, 0.2) is 48.7 Å². The Kier molecular flexibility index (Phi) is 8.22. The number of hydrogen-bond acceptors (Lipinski definition) is 4. The van der Waals surface area contributed by atoms with Crippen molar-refractivity contribution in [2.24, 2.45) is 5.92 Å². The number of unbranched alkanes of at least 4 members (excludes halogenated alkanes) is 1. The topological polar surface area (TPSA) is 39.5 Å². The fraction of sp³-hybridized carbons (Fsp3) is 0.500. The summed E-state index contributed by atoms with van der Waals surface area (Å²) in [6.45, 7) is 6.16. The first-order chi connectivity index (χ1) is 17.7. The second kappa shape index (κ2) is 11.9. The van der Waals surface area contributed by atoms with E-state index in [0.717, 1.165) is 67.8 Å². The van der Waals surface area contributed by atoms with E-state index in [2.05, 4.69) is 28.5 Å². The lowest BCUT2D eigenvalue weighted by atomic mass is 10.0. The number of benzene rings is 2. The lowest BCUT2D eigenvalue weighted by molar-refractivity contribution is 0.174. The van der Waals surface area contributed by atoms with Crippen molar-refractivity contribution in [1.29, 1.82) is 0 Å². The van der Waals surface area contributed by atoms with Crippen LogP contribution in [0.25, 0.3) is 11.4 Å². The van der Waals surface area contributed by atoms with E-state index in [1.807, 2.05) is 24.4 Å². The van der Waals surface area contributed by atoms with Crippen LogP contribution in [0.3, 0.4) is 0 Å². The Morgan fingerprint density at radius 3 is 2.61 bits per heavy atom. The Balaban J connectivity index is 1.35. The molecule has 0 unspecified atom stereocenters. The fourth-order valence-corrected chi connectivity index (χ4v) is 5.58. The monoisotopic (exact) mass is 491 g/mol. The van der Waals surface area contributed by atoms with Crippen molar-refractivity contribution >= 4 is 0 Å². The van der Waals surface area contributed by atoms with Crippen molar-refractivity contribution < 1.29 is 13.9 Å². The Hall–Kier alpha value is -2.86. The molecule has 6 heteroatoms. The van der Waals surface area contributed by atoms with Crippen LogP contribution in [-0.4, -0.2) is 27.8 Å². The third-order valence-electron chi connectivity index (χ3n) is 7.57. The molecule has 1 saturated carbocycles. The molecule has 2 aliphatic rings. The van der Waals surface area contributed by atoms with Crippen LogP contribution in [0.2, 0.25) is 0 Å². The molecule has 0 radical (unpaired) electrons. The number of nitrogens with zero attached hydrogens (tertiary/aromatic N) is 3. The van der Waals surface area contributed by atoms with Gasteiger partial charge in [0, 0.05) is 25.2 Å². The standard InChI is InChI=1S/C30H38FN3O2/c1-2-3-17-34-27(19-32-30(34)25-11-13-26(31)14-12-25)21-33(16-6-9-23-7-4-5-8-23)20-24-10-15-28-29(18-24)36-22-35-28/h10-15,18-19,23H,2-9,16-17,20-22H2,1H3. The summed E-state index contributed by atoms with van der Waals surface area (Å²) in [5, 5.41) is 0. The van der Waals surface area contributed by atoms with Crippen molar-refractivity contribution in [3.63, 3.8) is 0 Å². The molecule has 0 spiro atoms. The molecule has 1 aliphatic heterocycles. The van der Waals surface area contributed by atoms with Crippen molar-refractivity contribution in [1.82, 2.24) is 14.5 Å².